The molecule has 0 unspecified atom stereocenters. The van der Waals surface area contributed by atoms with Gasteiger partial charge in [0.25, 0.3) is 0 Å². The van der Waals surface area contributed by atoms with E-state index < -0.39 is 35.7 Å². The first-order chi connectivity index (χ1) is 8.65. The van der Waals surface area contributed by atoms with Crippen LogP contribution in [-0.4, -0.2) is 53.0 Å². The van der Waals surface area contributed by atoms with E-state index in [9.17, 15) is 14.7 Å². The minimum Gasteiger partial charge on any atom is -0.481 e. The summed E-state index contributed by atoms with van der Waals surface area (Å²) in [6, 6.07) is 0. The lowest BCUT2D eigenvalue weighted by molar-refractivity contribution is -0.168. The van der Waals surface area contributed by atoms with Crippen molar-refractivity contribution in [1.29, 1.82) is 0 Å². The molecule has 0 radical (unpaired) electrons. The number of rotatable bonds is 1. The molecule has 0 saturated carbocycles. The summed E-state index contributed by atoms with van der Waals surface area (Å²) in [6.07, 6.45) is 3.42. The molecule has 18 heavy (non-hydrogen) atoms. The number of nitrogens with zero attached hydrogens (tertiary/aromatic N) is 1. The van der Waals surface area contributed by atoms with Gasteiger partial charge >= 0.3 is 5.97 Å². The molecule has 3 saturated heterocycles. The van der Waals surface area contributed by atoms with Crippen LogP contribution < -0.4 is 0 Å². The molecule has 6 heteroatoms. The zero-order valence-corrected chi connectivity index (χ0v) is 9.61. The maximum absolute atomic E-state index is 12.4. The molecule has 4 aliphatic heterocycles. The Kier molecular flexibility index (Phi) is 1.83. The molecule has 0 aromatic rings. The fourth-order valence-corrected chi connectivity index (χ4v) is 3.74. The lowest BCUT2D eigenvalue weighted by Crippen LogP contribution is -2.49. The van der Waals surface area contributed by atoms with Crippen LogP contribution >= 0.6 is 0 Å². The van der Waals surface area contributed by atoms with Crippen LogP contribution in [0.15, 0.2) is 12.2 Å². The van der Waals surface area contributed by atoms with Gasteiger partial charge in [-0.15, -0.1) is 0 Å². The van der Waals surface area contributed by atoms with Crippen molar-refractivity contribution in [2.45, 2.75) is 24.4 Å². The third-order valence-electron chi connectivity index (χ3n) is 4.41. The van der Waals surface area contributed by atoms with Gasteiger partial charge in [-0.2, -0.15) is 0 Å². The van der Waals surface area contributed by atoms with Crippen LogP contribution in [0.1, 0.15) is 6.42 Å². The number of carboxylic acid groups (broad SMARTS) is 1. The fraction of sp³-hybridized carbons (Fsp3) is 0.667. The Hall–Kier alpha value is -1.40. The van der Waals surface area contributed by atoms with E-state index in [1.165, 1.54) is 0 Å². The number of carbonyl (C=O) groups is 2. The second kappa shape index (κ2) is 3.13. The summed E-state index contributed by atoms with van der Waals surface area (Å²) in [5, 5.41) is 9.30. The van der Waals surface area contributed by atoms with Gasteiger partial charge in [-0.05, 0) is 12.5 Å². The first kappa shape index (κ1) is 10.5. The molecule has 0 aromatic carbocycles. The number of hydrogen-bond acceptors (Lipinski definition) is 4. The summed E-state index contributed by atoms with van der Waals surface area (Å²) < 4.78 is 11.5. The van der Waals surface area contributed by atoms with E-state index in [4.69, 9.17) is 9.47 Å². The third kappa shape index (κ3) is 0.976. The number of carboxylic acids is 1. The molecular formula is C12H13NO5. The van der Waals surface area contributed by atoms with Gasteiger partial charge in [0.15, 0.2) is 6.23 Å². The smallest absolute Gasteiger partial charge is 0.310 e. The summed E-state index contributed by atoms with van der Waals surface area (Å²) in [7, 11) is 0. The van der Waals surface area contributed by atoms with Crippen molar-refractivity contribution in [3.8, 4) is 0 Å². The number of amides is 1. The van der Waals surface area contributed by atoms with E-state index >= 15 is 0 Å². The molecule has 1 spiro atoms. The summed E-state index contributed by atoms with van der Waals surface area (Å²) >= 11 is 0. The van der Waals surface area contributed by atoms with Gasteiger partial charge in [0.1, 0.15) is 11.5 Å². The lowest BCUT2D eigenvalue weighted by Gasteiger charge is -2.36. The Morgan fingerprint density at radius 1 is 1.56 bits per heavy atom. The van der Waals surface area contributed by atoms with E-state index in [1.807, 2.05) is 6.08 Å². The maximum Gasteiger partial charge on any atom is 0.310 e. The first-order valence-electron chi connectivity index (χ1n) is 6.17. The molecule has 4 rings (SSSR count). The lowest BCUT2D eigenvalue weighted by atomic mass is 9.76. The van der Waals surface area contributed by atoms with Gasteiger partial charge in [0.2, 0.25) is 5.91 Å². The summed E-state index contributed by atoms with van der Waals surface area (Å²) in [6.45, 7) is 1.21. The molecule has 0 aromatic heterocycles. The molecular weight excluding hydrogens is 238 g/mol. The monoisotopic (exact) mass is 251 g/mol. The van der Waals surface area contributed by atoms with Gasteiger partial charge in [0, 0.05) is 6.54 Å². The molecule has 4 aliphatic rings. The summed E-state index contributed by atoms with van der Waals surface area (Å²) in [5.41, 5.74) is -0.870. The molecule has 2 bridgehead atoms. The molecule has 3 fully saturated rings. The second-order valence-electron chi connectivity index (χ2n) is 5.25. The molecule has 4 heterocycles. The largest absolute Gasteiger partial charge is 0.481 e. The maximum atomic E-state index is 12.4. The van der Waals surface area contributed by atoms with Gasteiger partial charge in [-0.25, -0.2) is 0 Å². The zero-order valence-electron chi connectivity index (χ0n) is 9.61. The van der Waals surface area contributed by atoms with Gasteiger partial charge in [-0.1, -0.05) is 6.08 Å². The number of carbonyl (C=O) groups excluding carboxylic acids is 1. The van der Waals surface area contributed by atoms with Crippen molar-refractivity contribution < 1.29 is 24.2 Å². The first-order valence-corrected chi connectivity index (χ1v) is 6.17. The minimum atomic E-state index is -0.968. The minimum absolute atomic E-state index is 0.140. The van der Waals surface area contributed by atoms with Crippen LogP contribution in [0.4, 0.5) is 0 Å². The third-order valence-corrected chi connectivity index (χ3v) is 4.41. The highest BCUT2D eigenvalue weighted by Crippen LogP contribution is 2.55. The van der Waals surface area contributed by atoms with Gasteiger partial charge in [0.05, 0.1) is 18.6 Å². The normalized spacial score (nSPS) is 48.4. The Morgan fingerprint density at radius 2 is 2.39 bits per heavy atom. The van der Waals surface area contributed by atoms with Crippen molar-refractivity contribution in [2.75, 3.05) is 13.2 Å². The Labute approximate surface area is 103 Å². The number of ether oxygens (including phenoxy) is 2. The quantitative estimate of drug-likeness (QED) is 0.642. The van der Waals surface area contributed by atoms with Crippen LogP contribution in [0.2, 0.25) is 0 Å². The Morgan fingerprint density at radius 3 is 3.17 bits per heavy atom. The van der Waals surface area contributed by atoms with Crippen LogP contribution in [-0.2, 0) is 19.1 Å². The highest BCUT2D eigenvalue weighted by Gasteiger charge is 2.72. The van der Waals surface area contributed by atoms with Crippen LogP contribution in [0, 0.1) is 11.8 Å². The fourth-order valence-electron chi connectivity index (χ4n) is 3.74. The standard InChI is InChI=1S/C12H13NO5/c14-9-8-7(10(15)16)6-2-3-12(8,18-6)11-13(9)4-1-5-17-11/h2-3,6-8,11H,1,4-5H2,(H,15,16)/t6-,7+,8+,11+,12+/m0/s1. The Balaban J connectivity index is 1.82. The summed E-state index contributed by atoms with van der Waals surface area (Å²) in [5.74, 6) is -2.52. The number of hydrogen-bond donors (Lipinski definition) is 1. The van der Waals surface area contributed by atoms with E-state index in [0.29, 0.717) is 13.2 Å². The van der Waals surface area contributed by atoms with Crippen molar-refractivity contribution >= 4 is 11.9 Å². The molecule has 0 aliphatic carbocycles. The highest BCUT2D eigenvalue weighted by molar-refractivity contribution is 5.91. The average molecular weight is 251 g/mol. The van der Waals surface area contributed by atoms with Crippen molar-refractivity contribution in [3.05, 3.63) is 12.2 Å². The van der Waals surface area contributed by atoms with E-state index in [2.05, 4.69) is 0 Å². The van der Waals surface area contributed by atoms with Crippen LogP contribution in [0.5, 0.6) is 0 Å². The number of fused-ring (bicyclic) bond motifs is 2. The molecule has 1 amide bonds. The predicted molar refractivity (Wildman–Crippen MR) is 57.4 cm³/mol. The zero-order chi connectivity index (χ0) is 12.5. The van der Waals surface area contributed by atoms with Crippen molar-refractivity contribution in [2.24, 2.45) is 11.8 Å². The van der Waals surface area contributed by atoms with Gasteiger partial charge < -0.3 is 19.5 Å². The highest BCUT2D eigenvalue weighted by atomic mass is 16.6. The second-order valence-corrected chi connectivity index (χ2v) is 5.25. The van der Waals surface area contributed by atoms with Gasteiger partial charge in [-0.3, -0.25) is 9.59 Å². The van der Waals surface area contributed by atoms with E-state index in [0.717, 1.165) is 6.42 Å². The van der Waals surface area contributed by atoms with Crippen molar-refractivity contribution in [3.63, 3.8) is 0 Å². The average Bonchev–Trinajstić information content (AvgIpc) is 2.99. The van der Waals surface area contributed by atoms with Crippen molar-refractivity contribution in [1.82, 2.24) is 4.90 Å². The van der Waals surface area contributed by atoms with E-state index in [-0.39, 0.29) is 5.91 Å². The van der Waals surface area contributed by atoms with Crippen LogP contribution in [0.25, 0.3) is 0 Å². The van der Waals surface area contributed by atoms with Crippen LogP contribution in [0.3, 0.4) is 0 Å². The predicted octanol–water partition coefficient (Wildman–Crippen LogP) is -0.401. The topological polar surface area (TPSA) is 76.1 Å². The number of aliphatic carboxylic acids is 1. The molecule has 1 N–H and O–H groups in total. The Bertz CT molecular complexity index is 475. The molecule has 5 atom stereocenters. The SMILES string of the molecule is O=C(O)[C@@H]1[C@@H]2C=C[C@@]3(O2)[C@H]1C(=O)N1CCCO[C@@H]13. The molecule has 96 valence electrons. The summed E-state index contributed by atoms with van der Waals surface area (Å²) in [4.78, 5) is 25.4. The molecule has 6 nitrogen and oxygen atoms in total. The van der Waals surface area contributed by atoms with E-state index in [1.54, 1.807) is 11.0 Å².